The van der Waals surface area contributed by atoms with Gasteiger partial charge in [0.15, 0.2) is 0 Å². The van der Waals surface area contributed by atoms with Crippen molar-refractivity contribution in [2.75, 3.05) is 26.4 Å². The number of hydrogen-bond acceptors (Lipinski definition) is 3. The molecule has 0 aromatic heterocycles. The fraction of sp³-hybridized carbons (Fsp3) is 0.538. The summed E-state index contributed by atoms with van der Waals surface area (Å²) < 4.78 is 11.0. The Balaban J connectivity index is 1.58. The van der Waals surface area contributed by atoms with Gasteiger partial charge in [-0.05, 0) is 18.4 Å². The van der Waals surface area contributed by atoms with Crippen LogP contribution in [0.3, 0.4) is 0 Å². The monoisotopic (exact) mass is 221 g/mol. The zero-order valence-corrected chi connectivity index (χ0v) is 9.52. The first kappa shape index (κ1) is 11.6. The summed E-state index contributed by atoms with van der Waals surface area (Å²) in [6, 6.07) is 10.5. The van der Waals surface area contributed by atoms with Crippen molar-refractivity contribution in [3.8, 4) is 0 Å². The molecular formula is C13H19NO2. The minimum Gasteiger partial charge on any atom is -0.376 e. The van der Waals surface area contributed by atoms with Crippen LogP contribution in [-0.4, -0.2) is 32.6 Å². The molecule has 1 aromatic rings. The van der Waals surface area contributed by atoms with Gasteiger partial charge in [0.05, 0.1) is 13.2 Å². The van der Waals surface area contributed by atoms with Crippen molar-refractivity contribution in [3.05, 3.63) is 35.9 Å². The second kappa shape index (κ2) is 6.63. The summed E-state index contributed by atoms with van der Waals surface area (Å²) in [5.41, 5.74) is 1.37. The van der Waals surface area contributed by atoms with Crippen LogP contribution in [0, 0.1) is 0 Å². The molecule has 1 aliphatic rings. The third-order valence-electron chi connectivity index (χ3n) is 2.66. The largest absolute Gasteiger partial charge is 0.376 e. The number of hydrogen-bond donors (Lipinski definition) is 1. The zero-order chi connectivity index (χ0) is 11.1. The number of benzene rings is 1. The van der Waals surface area contributed by atoms with Gasteiger partial charge in [-0.25, -0.2) is 0 Å². The lowest BCUT2D eigenvalue weighted by atomic mass is 10.1. The summed E-state index contributed by atoms with van der Waals surface area (Å²) in [7, 11) is 0. The number of nitrogens with one attached hydrogen (secondary N) is 1. The molecular weight excluding hydrogens is 202 g/mol. The van der Waals surface area contributed by atoms with Gasteiger partial charge >= 0.3 is 0 Å². The number of morpholine rings is 1. The molecule has 3 heteroatoms. The van der Waals surface area contributed by atoms with Gasteiger partial charge in [-0.15, -0.1) is 0 Å². The minimum atomic E-state index is 0.0875. The Morgan fingerprint density at radius 3 is 2.94 bits per heavy atom. The first-order valence-corrected chi connectivity index (χ1v) is 5.92. The predicted octanol–water partition coefficient (Wildman–Crippen LogP) is 1.58. The van der Waals surface area contributed by atoms with Crippen molar-refractivity contribution in [3.63, 3.8) is 0 Å². The van der Waals surface area contributed by atoms with Crippen molar-refractivity contribution in [2.24, 2.45) is 0 Å². The van der Waals surface area contributed by atoms with Crippen LogP contribution in [0.1, 0.15) is 12.0 Å². The smallest absolute Gasteiger partial charge is 0.131 e. The normalized spacial score (nSPS) is 20.9. The van der Waals surface area contributed by atoms with Crippen LogP contribution < -0.4 is 5.32 Å². The van der Waals surface area contributed by atoms with E-state index in [2.05, 4.69) is 29.6 Å². The molecule has 0 radical (unpaired) electrons. The van der Waals surface area contributed by atoms with Crippen molar-refractivity contribution in [1.82, 2.24) is 5.32 Å². The van der Waals surface area contributed by atoms with Gasteiger partial charge in [-0.3, -0.25) is 5.32 Å². The topological polar surface area (TPSA) is 30.5 Å². The lowest BCUT2D eigenvalue weighted by molar-refractivity contribution is -0.0614. The van der Waals surface area contributed by atoms with E-state index in [9.17, 15) is 0 Å². The summed E-state index contributed by atoms with van der Waals surface area (Å²) in [6.45, 7) is 3.15. The first-order valence-electron chi connectivity index (χ1n) is 5.92. The van der Waals surface area contributed by atoms with Crippen molar-refractivity contribution in [2.45, 2.75) is 19.1 Å². The average molecular weight is 221 g/mol. The number of rotatable bonds is 5. The first-order chi connectivity index (χ1) is 7.95. The lowest BCUT2D eigenvalue weighted by Gasteiger charge is -2.23. The van der Waals surface area contributed by atoms with E-state index in [4.69, 9.17) is 9.47 Å². The molecule has 0 bridgehead atoms. The van der Waals surface area contributed by atoms with Gasteiger partial charge in [-0.1, -0.05) is 30.3 Å². The zero-order valence-electron chi connectivity index (χ0n) is 9.52. The predicted molar refractivity (Wildman–Crippen MR) is 63.3 cm³/mol. The molecule has 1 atom stereocenters. The highest BCUT2D eigenvalue weighted by atomic mass is 16.5. The van der Waals surface area contributed by atoms with E-state index in [1.807, 2.05) is 6.07 Å². The molecule has 0 saturated carbocycles. The fourth-order valence-corrected chi connectivity index (χ4v) is 1.79. The Morgan fingerprint density at radius 2 is 2.19 bits per heavy atom. The molecule has 0 aliphatic carbocycles. The van der Waals surface area contributed by atoms with Crippen LogP contribution in [0.4, 0.5) is 0 Å². The molecule has 1 fully saturated rings. The van der Waals surface area contributed by atoms with Gasteiger partial charge in [0, 0.05) is 13.2 Å². The fourth-order valence-electron chi connectivity index (χ4n) is 1.79. The summed E-state index contributed by atoms with van der Waals surface area (Å²) >= 11 is 0. The van der Waals surface area contributed by atoms with Crippen LogP contribution in [0.5, 0.6) is 0 Å². The van der Waals surface area contributed by atoms with E-state index in [-0.39, 0.29) is 6.23 Å². The molecule has 1 N–H and O–H groups in total. The highest BCUT2D eigenvalue weighted by Crippen LogP contribution is 2.03. The van der Waals surface area contributed by atoms with E-state index in [1.54, 1.807) is 0 Å². The Labute approximate surface area is 96.8 Å². The van der Waals surface area contributed by atoms with E-state index < -0.39 is 0 Å². The van der Waals surface area contributed by atoms with Crippen molar-refractivity contribution in [1.29, 1.82) is 0 Å². The highest BCUT2D eigenvalue weighted by Gasteiger charge is 2.12. The van der Waals surface area contributed by atoms with Gasteiger partial charge in [0.1, 0.15) is 6.23 Å². The standard InChI is InChI=1S/C13H19NO2/c1-2-5-12(6-3-1)7-4-9-16-13-11-15-10-8-14-13/h1-3,5-6,13-14H,4,7-11H2. The SMILES string of the molecule is c1ccc(CCCOC2COCCN2)cc1. The molecule has 1 aliphatic heterocycles. The summed E-state index contributed by atoms with van der Waals surface area (Å²) in [5, 5.41) is 3.27. The molecule has 0 spiro atoms. The molecule has 1 unspecified atom stereocenters. The lowest BCUT2D eigenvalue weighted by Crippen LogP contribution is -2.43. The number of ether oxygens (including phenoxy) is 2. The van der Waals surface area contributed by atoms with E-state index in [1.165, 1.54) is 5.56 Å². The molecule has 1 saturated heterocycles. The van der Waals surface area contributed by atoms with Gasteiger partial charge in [0.2, 0.25) is 0 Å². The summed E-state index contributed by atoms with van der Waals surface area (Å²) in [4.78, 5) is 0. The van der Waals surface area contributed by atoms with E-state index in [0.717, 1.165) is 32.6 Å². The van der Waals surface area contributed by atoms with Crippen LogP contribution in [0.15, 0.2) is 30.3 Å². The Morgan fingerprint density at radius 1 is 1.31 bits per heavy atom. The maximum atomic E-state index is 5.67. The van der Waals surface area contributed by atoms with Crippen molar-refractivity contribution >= 4 is 0 Å². The number of aryl methyl sites for hydroxylation is 1. The summed E-state index contributed by atoms with van der Waals surface area (Å²) in [5.74, 6) is 0. The van der Waals surface area contributed by atoms with Crippen LogP contribution in [0.25, 0.3) is 0 Å². The molecule has 88 valence electrons. The molecule has 1 heterocycles. The molecule has 3 nitrogen and oxygen atoms in total. The molecule has 16 heavy (non-hydrogen) atoms. The Kier molecular flexibility index (Phi) is 4.80. The van der Waals surface area contributed by atoms with Crippen LogP contribution in [-0.2, 0) is 15.9 Å². The Hall–Kier alpha value is -0.900. The molecule has 2 rings (SSSR count). The third-order valence-corrected chi connectivity index (χ3v) is 2.66. The van der Waals surface area contributed by atoms with Gasteiger partial charge in [-0.2, -0.15) is 0 Å². The van der Waals surface area contributed by atoms with Crippen LogP contribution in [0.2, 0.25) is 0 Å². The van der Waals surface area contributed by atoms with E-state index >= 15 is 0 Å². The molecule has 1 aromatic carbocycles. The van der Waals surface area contributed by atoms with Gasteiger partial charge < -0.3 is 9.47 Å². The van der Waals surface area contributed by atoms with Crippen LogP contribution >= 0.6 is 0 Å². The quantitative estimate of drug-likeness (QED) is 0.766. The van der Waals surface area contributed by atoms with E-state index in [0.29, 0.717) is 6.61 Å². The third kappa shape index (κ3) is 3.93. The second-order valence-corrected chi connectivity index (χ2v) is 3.98. The summed E-state index contributed by atoms with van der Waals surface area (Å²) in [6.07, 6.45) is 2.22. The van der Waals surface area contributed by atoms with Crippen molar-refractivity contribution < 1.29 is 9.47 Å². The highest BCUT2D eigenvalue weighted by molar-refractivity contribution is 5.14. The minimum absolute atomic E-state index is 0.0875. The Bertz CT molecular complexity index is 283. The molecule has 0 amide bonds. The van der Waals surface area contributed by atoms with Gasteiger partial charge in [0.25, 0.3) is 0 Å². The second-order valence-electron chi connectivity index (χ2n) is 3.98. The maximum Gasteiger partial charge on any atom is 0.131 e. The maximum absolute atomic E-state index is 5.67. The average Bonchev–Trinajstić information content (AvgIpc) is 2.37.